The van der Waals surface area contributed by atoms with Crippen molar-refractivity contribution < 1.29 is 0 Å². The van der Waals surface area contributed by atoms with Gasteiger partial charge in [0.25, 0.3) is 0 Å². The van der Waals surface area contributed by atoms with Gasteiger partial charge in [-0.2, -0.15) is 0 Å². The number of hydrogen-bond acceptors (Lipinski definition) is 0. The number of aryl methyl sites for hydroxylation is 2. The van der Waals surface area contributed by atoms with Crippen LogP contribution < -0.4 is 0 Å². The highest BCUT2D eigenvalue weighted by Gasteiger charge is 1.92. The average molecular weight is 645 g/mol. The number of rotatable bonds is 0. The van der Waals surface area contributed by atoms with Gasteiger partial charge in [-0.1, -0.05) is 147 Å². The first-order valence-electron chi connectivity index (χ1n) is 17.1. The second kappa shape index (κ2) is 22.2. The normalized spacial score (nSPS) is 8.76. The van der Waals surface area contributed by atoms with Crippen LogP contribution in [0.5, 0.6) is 0 Å². The Hall–Kier alpha value is -6.44. The highest BCUT2D eigenvalue weighted by atomic mass is 14.0. The van der Waals surface area contributed by atoms with Crippen LogP contribution in [0.1, 0.15) is 83.3 Å². The molecule has 0 heteroatoms. The van der Waals surface area contributed by atoms with Gasteiger partial charge >= 0.3 is 0 Å². The van der Waals surface area contributed by atoms with Crippen LogP contribution in [-0.2, 0) is 0 Å². The summed E-state index contributed by atoms with van der Waals surface area (Å²) in [5.41, 5.74) is 10.6. The Morgan fingerprint density at radius 3 is 0.580 bits per heavy atom. The zero-order valence-electron chi connectivity index (χ0n) is 30.0. The van der Waals surface area contributed by atoms with E-state index < -0.39 is 0 Å². The van der Waals surface area contributed by atoms with Crippen LogP contribution in [0.3, 0.4) is 0 Å². The molecule has 50 heavy (non-hydrogen) atoms. The molecule has 0 aliphatic carbocycles. The molecule has 6 aromatic carbocycles. The minimum absolute atomic E-state index is 0.995. The molecule has 0 atom stereocenters. The molecule has 0 spiro atoms. The predicted molar refractivity (Wildman–Crippen MR) is 215 cm³/mol. The van der Waals surface area contributed by atoms with Crippen molar-refractivity contribution in [2.24, 2.45) is 0 Å². The van der Waals surface area contributed by atoms with Crippen LogP contribution in [0, 0.1) is 61.2 Å². The Labute approximate surface area is 301 Å². The maximum Gasteiger partial charge on any atom is 0.0249 e. The Bertz CT molecular complexity index is 1940. The summed E-state index contributed by atoms with van der Waals surface area (Å²) < 4.78 is 0. The minimum Gasteiger partial charge on any atom is -0.0683 e. The third-order valence-electron chi connectivity index (χ3n) is 6.83. The van der Waals surface area contributed by atoms with Gasteiger partial charge < -0.3 is 0 Å². The maximum atomic E-state index is 3.18. The van der Waals surface area contributed by atoms with Crippen molar-refractivity contribution in [1.29, 1.82) is 0 Å². The molecule has 0 bridgehead atoms. The second-order valence-corrected chi connectivity index (χ2v) is 10.6. The van der Waals surface area contributed by atoms with Crippen LogP contribution in [0.4, 0.5) is 0 Å². The molecule has 6 rings (SSSR count). The summed E-state index contributed by atoms with van der Waals surface area (Å²) in [6.45, 7) is 12.2. The maximum absolute atomic E-state index is 3.18. The first kappa shape index (κ1) is 38.0. The summed E-state index contributed by atoms with van der Waals surface area (Å²) >= 11 is 0. The second-order valence-electron chi connectivity index (χ2n) is 10.6. The van der Waals surface area contributed by atoms with Crippen molar-refractivity contribution in [3.63, 3.8) is 0 Å². The van der Waals surface area contributed by atoms with Crippen molar-refractivity contribution in [1.82, 2.24) is 0 Å². The van der Waals surface area contributed by atoms with Gasteiger partial charge in [-0.3, -0.25) is 0 Å². The van der Waals surface area contributed by atoms with E-state index in [0.29, 0.717) is 0 Å². The van der Waals surface area contributed by atoms with Crippen LogP contribution in [-0.4, -0.2) is 0 Å². The fourth-order valence-electron chi connectivity index (χ4n) is 4.17. The van der Waals surface area contributed by atoms with E-state index in [1.54, 1.807) is 0 Å². The van der Waals surface area contributed by atoms with E-state index in [1.807, 2.05) is 161 Å². The quantitative estimate of drug-likeness (QED) is 0.144. The zero-order chi connectivity index (χ0) is 35.8. The lowest BCUT2D eigenvalue weighted by Gasteiger charge is -1.93. The van der Waals surface area contributed by atoms with Gasteiger partial charge in [0, 0.05) is 44.5 Å². The van der Waals surface area contributed by atoms with Gasteiger partial charge in [-0.15, -0.1) is 0 Å². The first-order chi connectivity index (χ1) is 24.6. The zero-order valence-corrected chi connectivity index (χ0v) is 30.0. The Kier molecular flexibility index (Phi) is 16.9. The van der Waals surface area contributed by atoms with E-state index in [9.17, 15) is 0 Å². The Morgan fingerprint density at radius 2 is 0.380 bits per heavy atom. The van der Waals surface area contributed by atoms with Crippen molar-refractivity contribution >= 4 is 0 Å². The lowest BCUT2D eigenvalue weighted by Crippen LogP contribution is -1.79. The predicted octanol–water partition coefficient (Wildman–Crippen LogP) is 11.6. The van der Waals surface area contributed by atoms with Gasteiger partial charge in [0.1, 0.15) is 0 Å². The highest BCUT2D eigenvalue weighted by Crippen LogP contribution is 2.07. The van der Waals surface area contributed by atoms with E-state index in [4.69, 9.17) is 0 Å². The van der Waals surface area contributed by atoms with E-state index in [2.05, 4.69) is 85.5 Å². The van der Waals surface area contributed by atoms with Gasteiger partial charge in [-0.25, -0.2) is 0 Å². The van der Waals surface area contributed by atoms with Crippen LogP contribution >= 0.6 is 0 Å². The molecular formula is C50H44. The monoisotopic (exact) mass is 644 g/mol. The molecule has 0 saturated carbocycles. The highest BCUT2D eigenvalue weighted by molar-refractivity contribution is 5.49. The molecule has 0 aliphatic rings. The van der Waals surface area contributed by atoms with E-state index in [0.717, 1.165) is 44.5 Å². The summed E-state index contributed by atoms with van der Waals surface area (Å²) in [5, 5.41) is 0. The summed E-state index contributed by atoms with van der Waals surface area (Å²) in [6, 6.07) is 52.5. The van der Waals surface area contributed by atoms with Gasteiger partial charge in [0.15, 0.2) is 0 Å². The van der Waals surface area contributed by atoms with Crippen molar-refractivity contribution in [2.75, 3.05) is 0 Å². The third-order valence-corrected chi connectivity index (χ3v) is 6.83. The van der Waals surface area contributed by atoms with Crippen molar-refractivity contribution in [3.05, 3.63) is 213 Å². The molecule has 0 heterocycles. The third kappa shape index (κ3) is 14.1. The molecule has 0 unspecified atom stereocenters. The summed E-state index contributed by atoms with van der Waals surface area (Å²) in [5.74, 6) is 25.4. The van der Waals surface area contributed by atoms with Crippen molar-refractivity contribution in [2.45, 2.75) is 41.5 Å². The van der Waals surface area contributed by atoms with Gasteiger partial charge in [0.2, 0.25) is 0 Å². The fourth-order valence-corrected chi connectivity index (χ4v) is 4.17. The lowest BCUT2D eigenvalue weighted by molar-refractivity contribution is 1.46. The molecule has 0 aromatic heterocycles. The largest absolute Gasteiger partial charge is 0.0683 e. The molecule has 0 N–H and O–H groups in total. The lowest BCUT2D eigenvalue weighted by atomic mass is 10.1. The molecule has 0 amide bonds. The SMILES string of the molecule is CC.CC.Cc1ccc(C#Cc2ccc(C#Cc3ccccc3)cc2)cc1.Cc1ccc(C#Cc2ccc(C#Cc3ccccc3)cc2)cc1. The fraction of sp³-hybridized carbons (Fsp3) is 0.120. The minimum atomic E-state index is 0.995. The van der Waals surface area contributed by atoms with Crippen LogP contribution in [0.2, 0.25) is 0 Å². The topological polar surface area (TPSA) is 0 Å². The summed E-state index contributed by atoms with van der Waals surface area (Å²) in [4.78, 5) is 0. The number of benzene rings is 6. The molecule has 0 fully saturated rings. The molecule has 0 nitrogen and oxygen atoms in total. The molecule has 244 valence electrons. The summed E-state index contributed by atoms with van der Waals surface area (Å²) in [6.07, 6.45) is 0. The van der Waals surface area contributed by atoms with Crippen molar-refractivity contribution in [3.8, 4) is 47.4 Å². The van der Waals surface area contributed by atoms with Crippen LogP contribution in [0.25, 0.3) is 0 Å². The summed E-state index contributed by atoms with van der Waals surface area (Å²) in [7, 11) is 0. The average Bonchev–Trinajstić information content (AvgIpc) is 3.19. The van der Waals surface area contributed by atoms with E-state index in [1.165, 1.54) is 11.1 Å². The smallest absolute Gasteiger partial charge is 0.0249 e. The Morgan fingerprint density at radius 1 is 0.220 bits per heavy atom. The molecule has 0 aliphatic heterocycles. The molecular weight excluding hydrogens is 601 g/mol. The van der Waals surface area contributed by atoms with E-state index >= 15 is 0 Å². The first-order valence-corrected chi connectivity index (χ1v) is 17.1. The Balaban J connectivity index is 0.000000246. The number of hydrogen-bond donors (Lipinski definition) is 0. The van der Waals surface area contributed by atoms with Gasteiger partial charge in [0.05, 0.1) is 0 Å². The molecule has 0 saturated heterocycles. The molecule has 0 radical (unpaired) electrons. The van der Waals surface area contributed by atoms with Crippen LogP contribution in [0.15, 0.2) is 158 Å². The molecule has 6 aromatic rings. The van der Waals surface area contributed by atoms with Gasteiger partial charge in [-0.05, 0) is 111 Å². The van der Waals surface area contributed by atoms with E-state index in [-0.39, 0.29) is 0 Å². The standard InChI is InChI=1S/2C23H16.2C2H6/c2*1-19-7-9-21(10-8-19)13-14-23-17-15-22(16-18-23)12-11-20-5-3-2-4-6-20;2*1-2/h2*2-10,15-18H,1H3;2*1-2H3.